The van der Waals surface area contributed by atoms with E-state index in [1.54, 1.807) is 0 Å². The lowest BCUT2D eigenvalue weighted by atomic mass is 9.72. The topological polar surface area (TPSA) is 65.6 Å². The molecular weight excluding hydrogens is 328 g/mol. The second-order valence-corrected chi connectivity index (χ2v) is 7.92. The van der Waals surface area contributed by atoms with Crippen LogP contribution in [-0.2, 0) is 16.0 Å². The van der Waals surface area contributed by atoms with Gasteiger partial charge in [-0.2, -0.15) is 0 Å². The molecule has 3 heterocycles. The molecule has 1 aliphatic carbocycles. The van der Waals surface area contributed by atoms with Crippen LogP contribution in [0, 0.1) is 17.8 Å². The largest absolute Gasteiger partial charge is 0.466 e. The Balaban J connectivity index is 1.71. The van der Waals surface area contributed by atoms with Crippen LogP contribution in [0.2, 0.25) is 0 Å². The number of hydrogen-bond donors (Lipinski definition) is 2. The van der Waals surface area contributed by atoms with E-state index in [2.05, 4.69) is 41.1 Å². The van der Waals surface area contributed by atoms with E-state index in [1.807, 2.05) is 6.20 Å². The summed E-state index contributed by atoms with van der Waals surface area (Å²) in [5, 5.41) is 11.9. The molecule has 5 atom stereocenters. The maximum Gasteiger partial charge on any atom is 0.335 e. The Kier molecular flexibility index (Phi) is 3.44. The zero-order valence-corrected chi connectivity index (χ0v) is 15.1. The average Bonchev–Trinajstić information content (AvgIpc) is 3.18. The highest BCUT2D eigenvalue weighted by molar-refractivity contribution is 5.90. The molecule has 1 aromatic carbocycles. The number of aromatic amines is 1. The molecule has 2 aromatic rings. The third-order valence-electron chi connectivity index (χ3n) is 6.77. The van der Waals surface area contributed by atoms with Crippen molar-refractivity contribution in [1.29, 1.82) is 0 Å². The van der Waals surface area contributed by atoms with E-state index in [0.717, 1.165) is 18.5 Å². The van der Waals surface area contributed by atoms with Crippen LogP contribution in [0.4, 0.5) is 0 Å². The van der Waals surface area contributed by atoms with Crippen LogP contribution in [0.5, 0.6) is 0 Å². The monoisotopic (exact) mass is 352 g/mol. The number of nitrogens with zero attached hydrogens (tertiary/aromatic N) is 1. The van der Waals surface area contributed by atoms with Gasteiger partial charge in [0.15, 0.2) is 0 Å². The number of para-hydroxylation sites is 1. The second kappa shape index (κ2) is 5.61. The highest BCUT2D eigenvalue weighted by Gasteiger charge is 2.52. The van der Waals surface area contributed by atoms with Gasteiger partial charge in [-0.25, -0.2) is 4.79 Å². The number of carbonyl (C=O) groups is 1. The Morgan fingerprint density at radius 2 is 2.15 bits per heavy atom. The van der Waals surface area contributed by atoms with Crippen molar-refractivity contribution in [2.24, 2.45) is 17.8 Å². The zero-order valence-electron chi connectivity index (χ0n) is 15.1. The number of esters is 1. The van der Waals surface area contributed by atoms with E-state index >= 15 is 0 Å². The van der Waals surface area contributed by atoms with Gasteiger partial charge in [0.1, 0.15) is 0 Å². The summed E-state index contributed by atoms with van der Waals surface area (Å²) in [6, 6.07) is 8.64. The molecule has 0 bridgehead atoms. The van der Waals surface area contributed by atoms with Crippen LogP contribution < -0.4 is 0 Å². The van der Waals surface area contributed by atoms with Gasteiger partial charge >= 0.3 is 5.97 Å². The van der Waals surface area contributed by atoms with Crippen LogP contribution >= 0.6 is 0 Å². The Bertz CT molecular complexity index is 915. The van der Waals surface area contributed by atoms with Gasteiger partial charge in [0.25, 0.3) is 0 Å². The first kappa shape index (κ1) is 15.9. The second-order valence-electron chi connectivity index (χ2n) is 7.92. The number of carbonyl (C=O) groups excluding carboxylic acids is 1. The number of nitrogens with one attached hydrogen (secondary N) is 1. The van der Waals surface area contributed by atoms with E-state index in [-0.39, 0.29) is 35.9 Å². The Morgan fingerprint density at radius 1 is 1.35 bits per heavy atom. The van der Waals surface area contributed by atoms with Crippen molar-refractivity contribution >= 4 is 16.9 Å². The maximum absolute atomic E-state index is 12.4. The van der Waals surface area contributed by atoms with Crippen molar-refractivity contribution in [2.45, 2.75) is 31.9 Å². The molecule has 0 saturated heterocycles. The van der Waals surface area contributed by atoms with E-state index in [0.29, 0.717) is 6.42 Å². The lowest BCUT2D eigenvalue weighted by Gasteiger charge is -2.46. The Hall–Kier alpha value is -2.27. The molecule has 1 saturated carbocycles. The van der Waals surface area contributed by atoms with Crippen LogP contribution in [0.25, 0.3) is 10.9 Å². The van der Waals surface area contributed by atoms with Crippen molar-refractivity contribution in [3.63, 3.8) is 0 Å². The first-order chi connectivity index (χ1) is 12.6. The molecule has 2 N–H and O–H groups in total. The van der Waals surface area contributed by atoms with Crippen molar-refractivity contribution < 1.29 is 14.6 Å². The average molecular weight is 352 g/mol. The van der Waals surface area contributed by atoms with Crippen LogP contribution in [-0.4, -0.2) is 40.7 Å². The number of aromatic nitrogens is 1. The van der Waals surface area contributed by atoms with Crippen molar-refractivity contribution in [3.8, 4) is 0 Å². The van der Waals surface area contributed by atoms with Crippen LogP contribution in [0.15, 0.2) is 36.0 Å². The normalized spacial score (nSPS) is 32.7. The first-order valence-corrected chi connectivity index (χ1v) is 9.43. The molecule has 26 heavy (non-hydrogen) atoms. The first-order valence-electron chi connectivity index (χ1n) is 9.43. The molecule has 0 radical (unpaired) electrons. The summed E-state index contributed by atoms with van der Waals surface area (Å²) < 4.78 is 5.05. The lowest BCUT2D eigenvalue weighted by molar-refractivity contribution is -0.137. The minimum Gasteiger partial charge on any atom is -0.466 e. The van der Waals surface area contributed by atoms with Gasteiger partial charge in [-0.1, -0.05) is 25.1 Å². The minimum absolute atomic E-state index is 0.0494. The quantitative estimate of drug-likeness (QED) is 0.775. The number of H-pyrrole nitrogens is 1. The van der Waals surface area contributed by atoms with Gasteiger partial charge in [-0.3, -0.25) is 0 Å². The summed E-state index contributed by atoms with van der Waals surface area (Å²) in [6.07, 6.45) is 3.19. The third-order valence-corrected chi connectivity index (χ3v) is 6.77. The standard InChI is InChI=1S/C21H24N2O3/c1-11-17(24)9-13-14(21(25)26-2)10-23-8-7-16-19(20(23)18(11)13)12-5-3-4-6-15(12)22-16/h3-6,10-11,13,17-18,20,22,24H,7-9H2,1-2H3/t11-,13+,17-,18+,20?/m0/s1. The maximum atomic E-state index is 12.4. The summed E-state index contributed by atoms with van der Waals surface area (Å²) in [6.45, 7) is 2.99. The molecule has 0 amide bonds. The zero-order chi connectivity index (χ0) is 18.0. The summed E-state index contributed by atoms with van der Waals surface area (Å²) in [5.74, 6) is 0.139. The molecule has 1 aromatic heterocycles. The smallest absolute Gasteiger partial charge is 0.335 e. The Labute approximate surface area is 152 Å². The minimum atomic E-state index is -0.381. The highest BCUT2D eigenvalue weighted by Crippen LogP contribution is 2.55. The number of rotatable bonds is 1. The van der Waals surface area contributed by atoms with Gasteiger partial charge in [-0.15, -0.1) is 0 Å². The number of ether oxygens (including phenoxy) is 1. The number of aliphatic hydroxyl groups is 1. The molecule has 5 heteroatoms. The SMILES string of the molecule is COC(=O)C1=CN2CCc3[nH]c4ccccc4c3C2[C@@H]2[C@@H](C)[C@@H](O)C[C@H]12. The predicted octanol–water partition coefficient (Wildman–Crippen LogP) is 2.77. The summed E-state index contributed by atoms with van der Waals surface area (Å²) in [4.78, 5) is 18.3. The molecule has 5 nitrogen and oxygen atoms in total. The van der Waals surface area contributed by atoms with Crippen molar-refractivity contribution in [1.82, 2.24) is 9.88 Å². The van der Waals surface area contributed by atoms with E-state index in [1.165, 1.54) is 29.3 Å². The number of methoxy groups -OCH3 is 1. The third kappa shape index (κ3) is 2.04. The number of aliphatic hydroxyl groups excluding tert-OH is 1. The van der Waals surface area contributed by atoms with E-state index in [4.69, 9.17) is 4.74 Å². The molecule has 1 unspecified atom stereocenters. The van der Waals surface area contributed by atoms with Gasteiger partial charge in [0.2, 0.25) is 0 Å². The van der Waals surface area contributed by atoms with Gasteiger partial charge in [0.05, 0.1) is 24.8 Å². The number of fused-ring (bicyclic) bond motifs is 7. The van der Waals surface area contributed by atoms with Crippen LogP contribution in [0.1, 0.15) is 30.6 Å². The Morgan fingerprint density at radius 3 is 2.96 bits per heavy atom. The molecule has 136 valence electrons. The highest BCUT2D eigenvalue weighted by atomic mass is 16.5. The van der Waals surface area contributed by atoms with Gasteiger partial charge in [-0.05, 0) is 24.3 Å². The molecule has 2 aliphatic heterocycles. The molecule has 5 rings (SSSR count). The molecular formula is C21H24N2O3. The lowest BCUT2D eigenvalue weighted by Crippen LogP contribution is -2.44. The summed E-state index contributed by atoms with van der Waals surface area (Å²) >= 11 is 0. The number of benzene rings is 1. The summed E-state index contributed by atoms with van der Waals surface area (Å²) in [7, 11) is 1.44. The summed E-state index contributed by atoms with van der Waals surface area (Å²) in [5.41, 5.74) is 4.54. The van der Waals surface area contributed by atoms with Crippen LogP contribution in [0.3, 0.4) is 0 Å². The van der Waals surface area contributed by atoms with Crippen molar-refractivity contribution in [2.75, 3.05) is 13.7 Å². The van der Waals surface area contributed by atoms with E-state index in [9.17, 15) is 9.90 Å². The molecule has 0 spiro atoms. The van der Waals surface area contributed by atoms with Crippen molar-refractivity contribution in [3.05, 3.63) is 47.3 Å². The fourth-order valence-electron chi connectivity index (χ4n) is 5.55. The molecule has 1 fully saturated rings. The van der Waals surface area contributed by atoms with E-state index < -0.39 is 0 Å². The fraction of sp³-hybridized carbons (Fsp3) is 0.476. The van der Waals surface area contributed by atoms with Gasteiger partial charge in [0, 0.05) is 47.2 Å². The number of hydrogen-bond acceptors (Lipinski definition) is 4. The fourth-order valence-corrected chi connectivity index (χ4v) is 5.55. The molecule has 3 aliphatic rings. The predicted molar refractivity (Wildman–Crippen MR) is 98.3 cm³/mol. The van der Waals surface area contributed by atoms with Gasteiger partial charge < -0.3 is 19.7 Å².